The van der Waals surface area contributed by atoms with Gasteiger partial charge in [-0.15, -0.1) is 0 Å². The van der Waals surface area contributed by atoms with Crippen LogP contribution in [0.15, 0.2) is 0 Å². The highest BCUT2D eigenvalue weighted by Gasteiger charge is 2.95. The van der Waals surface area contributed by atoms with Crippen LogP contribution in [0.25, 0.3) is 0 Å². The van der Waals surface area contributed by atoms with Gasteiger partial charge >= 0.3 is 56.8 Å². The molecule has 21 heteroatoms. The summed E-state index contributed by atoms with van der Waals surface area (Å²) < 4.78 is 237. The van der Waals surface area contributed by atoms with Crippen molar-refractivity contribution in [2.75, 3.05) is 0 Å². The zero-order valence-electron chi connectivity index (χ0n) is 14.1. The molecule has 0 aromatic rings. The molecule has 0 radical (unpaired) electrons. The molecule has 0 fully saturated rings. The molecule has 0 atom stereocenters. The number of rotatable bonds is 9. The van der Waals surface area contributed by atoms with E-state index in [0.717, 1.165) is 0 Å². The lowest BCUT2D eigenvalue weighted by Crippen LogP contribution is -2.75. The minimum Gasteiger partial charge on any atom is -0.344 e. The van der Waals surface area contributed by atoms with E-state index in [2.05, 4.69) is 0 Å². The second kappa shape index (κ2) is 7.66. The topological polar surface area (TPSA) is 89.4 Å². The summed E-state index contributed by atoms with van der Waals surface area (Å²) in [5, 5.41) is -7.77. The minimum atomic E-state index is -8.73. The Morgan fingerprint density at radius 3 is 1.00 bits per heavy atom. The summed E-state index contributed by atoms with van der Waals surface area (Å²) in [6.07, 6.45) is -2.51. The first-order chi connectivity index (χ1) is 12.6. The van der Waals surface area contributed by atoms with Crippen LogP contribution in [0.1, 0.15) is 13.3 Å². The van der Waals surface area contributed by atoms with E-state index in [1.807, 2.05) is 0 Å². The van der Waals surface area contributed by atoms with E-state index in [4.69, 9.17) is 4.55 Å². The third kappa shape index (κ3) is 3.78. The van der Waals surface area contributed by atoms with Crippen molar-refractivity contribution >= 4 is 10.1 Å². The monoisotopic (exact) mass is 527 g/mol. The van der Waals surface area contributed by atoms with Crippen molar-refractivity contribution in [2.45, 2.75) is 60.1 Å². The van der Waals surface area contributed by atoms with Crippen molar-refractivity contribution in [1.29, 1.82) is 0 Å². The molecule has 0 spiro atoms. The minimum absolute atomic E-state index is 0. The molecular weight excluding hydrogens is 518 g/mol. The van der Waals surface area contributed by atoms with Crippen molar-refractivity contribution in [2.24, 2.45) is 0 Å². The standard InChI is InChI=1S/C10H6F16O3S.H3N/c1-2-3(11,12)4(13,14)5(15,16)6(17,18)7(19,20)8(21,22)9(23,24)10(25,26)30(27,28)29;/h2H2,1H3,(H,27,28,29);1H3. The normalized spacial score (nSPS) is 16.2. The molecule has 0 amide bonds. The van der Waals surface area contributed by atoms with Crippen LogP contribution in [0.5, 0.6) is 0 Å². The molecular formula is C10H9F16NO3S. The molecule has 0 aliphatic rings. The summed E-state index contributed by atoms with van der Waals surface area (Å²) in [4.78, 5) is 0. The molecule has 0 saturated heterocycles. The van der Waals surface area contributed by atoms with Gasteiger partial charge in [0.25, 0.3) is 0 Å². The first-order valence-corrected chi connectivity index (χ1v) is 7.99. The van der Waals surface area contributed by atoms with Crippen LogP contribution in [-0.2, 0) is 10.1 Å². The molecule has 0 rings (SSSR count). The maximum atomic E-state index is 13.3. The predicted octanol–water partition coefficient (Wildman–Crippen LogP) is 5.49. The first-order valence-electron chi connectivity index (χ1n) is 6.55. The van der Waals surface area contributed by atoms with Gasteiger partial charge in [-0.3, -0.25) is 4.55 Å². The summed E-state index contributed by atoms with van der Waals surface area (Å²) in [5.74, 6) is -56.6. The van der Waals surface area contributed by atoms with Gasteiger partial charge in [0.05, 0.1) is 0 Å². The van der Waals surface area contributed by atoms with E-state index in [9.17, 15) is 78.7 Å². The molecule has 190 valence electrons. The number of hydrogen-bond acceptors (Lipinski definition) is 3. The van der Waals surface area contributed by atoms with Gasteiger partial charge in [-0.05, 0) is 0 Å². The van der Waals surface area contributed by atoms with Crippen molar-refractivity contribution in [1.82, 2.24) is 6.15 Å². The fraction of sp³-hybridized carbons (Fsp3) is 1.00. The average Bonchev–Trinajstić information content (AvgIpc) is 2.52. The molecule has 0 aromatic carbocycles. The molecule has 0 aliphatic carbocycles. The zero-order chi connectivity index (χ0) is 25.2. The van der Waals surface area contributed by atoms with Gasteiger partial charge < -0.3 is 6.15 Å². The number of halogens is 16. The maximum absolute atomic E-state index is 13.3. The van der Waals surface area contributed by atoms with Crippen molar-refractivity contribution in [3.05, 3.63) is 0 Å². The van der Waals surface area contributed by atoms with Crippen LogP contribution in [0.4, 0.5) is 70.2 Å². The van der Waals surface area contributed by atoms with Gasteiger partial charge in [-0.25, -0.2) is 0 Å². The van der Waals surface area contributed by atoms with Crippen LogP contribution in [-0.4, -0.2) is 59.7 Å². The first kappa shape index (κ1) is 31.9. The maximum Gasteiger partial charge on any atom is 0.438 e. The Kier molecular flexibility index (Phi) is 7.89. The summed E-state index contributed by atoms with van der Waals surface area (Å²) >= 11 is 0. The third-order valence-corrected chi connectivity index (χ3v) is 4.47. The molecule has 4 N–H and O–H groups in total. The smallest absolute Gasteiger partial charge is 0.344 e. The van der Waals surface area contributed by atoms with E-state index < -0.39 is 63.3 Å². The number of alkyl halides is 16. The van der Waals surface area contributed by atoms with Gasteiger partial charge in [-0.1, -0.05) is 6.92 Å². The fourth-order valence-corrected chi connectivity index (χ4v) is 2.04. The molecule has 0 unspecified atom stereocenters. The number of hydrogen-bond donors (Lipinski definition) is 2. The SMILES string of the molecule is CCC(F)(F)C(F)(F)C(F)(F)C(F)(F)C(F)(F)C(F)(F)C(F)(F)C(F)(F)S(=O)(=O)O.N. The molecule has 4 nitrogen and oxygen atoms in total. The van der Waals surface area contributed by atoms with Crippen LogP contribution >= 0.6 is 0 Å². The highest BCUT2D eigenvalue weighted by molar-refractivity contribution is 7.87. The van der Waals surface area contributed by atoms with E-state index >= 15 is 0 Å². The second-order valence-corrected chi connectivity index (χ2v) is 6.96. The highest BCUT2D eigenvalue weighted by Crippen LogP contribution is 2.64. The molecule has 0 aliphatic heterocycles. The van der Waals surface area contributed by atoms with Crippen LogP contribution in [0, 0.1) is 0 Å². The highest BCUT2D eigenvalue weighted by atomic mass is 32.2. The lowest BCUT2D eigenvalue weighted by Gasteiger charge is -2.43. The third-order valence-electron chi connectivity index (χ3n) is 3.56. The van der Waals surface area contributed by atoms with E-state index in [0.29, 0.717) is 0 Å². The molecule has 0 saturated carbocycles. The Balaban J connectivity index is 0. The van der Waals surface area contributed by atoms with E-state index in [1.165, 1.54) is 0 Å². The zero-order valence-corrected chi connectivity index (χ0v) is 15.0. The lowest BCUT2D eigenvalue weighted by molar-refractivity contribution is -0.449. The fourth-order valence-electron chi connectivity index (χ4n) is 1.59. The Bertz CT molecular complexity index is 762. The van der Waals surface area contributed by atoms with Crippen molar-refractivity contribution < 1.29 is 83.2 Å². The summed E-state index contributed by atoms with van der Waals surface area (Å²) in [6.45, 7) is -0.101. The lowest BCUT2D eigenvalue weighted by atomic mass is 9.88. The summed E-state index contributed by atoms with van der Waals surface area (Å²) in [6, 6.07) is 0. The van der Waals surface area contributed by atoms with Crippen molar-refractivity contribution in [3.63, 3.8) is 0 Å². The van der Waals surface area contributed by atoms with Gasteiger partial charge in [0, 0.05) is 6.42 Å². The Labute approximate surface area is 160 Å². The second-order valence-electron chi connectivity index (χ2n) is 5.50. The summed E-state index contributed by atoms with van der Waals surface area (Å²) in [5.41, 5.74) is 0. The van der Waals surface area contributed by atoms with Gasteiger partial charge in [-0.2, -0.15) is 78.7 Å². The Morgan fingerprint density at radius 1 is 0.548 bits per heavy atom. The summed E-state index contributed by atoms with van der Waals surface area (Å²) in [7, 11) is -7.84. The molecule has 0 heterocycles. The quantitative estimate of drug-likeness (QED) is 0.307. The van der Waals surface area contributed by atoms with E-state index in [-0.39, 0.29) is 13.1 Å². The van der Waals surface area contributed by atoms with Crippen LogP contribution in [0.3, 0.4) is 0 Å². The van der Waals surface area contributed by atoms with Gasteiger partial charge in [0.15, 0.2) is 0 Å². The van der Waals surface area contributed by atoms with E-state index in [1.54, 1.807) is 0 Å². The van der Waals surface area contributed by atoms with Gasteiger partial charge in [0.2, 0.25) is 0 Å². The Morgan fingerprint density at radius 2 is 0.774 bits per heavy atom. The molecule has 0 bridgehead atoms. The van der Waals surface area contributed by atoms with Gasteiger partial charge in [0.1, 0.15) is 0 Å². The Hall–Kier alpha value is -1.25. The van der Waals surface area contributed by atoms with Crippen LogP contribution in [0.2, 0.25) is 0 Å². The largest absolute Gasteiger partial charge is 0.438 e. The predicted molar refractivity (Wildman–Crippen MR) is 66.4 cm³/mol. The van der Waals surface area contributed by atoms with Crippen molar-refractivity contribution in [3.8, 4) is 0 Å². The van der Waals surface area contributed by atoms with Crippen LogP contribution < -0.4 is 6.15 Å². The molecule has 31 heavy (non-hydrogen) atoms. The molecule has 0 aromatic heterocycles. The average molecular weight is 527 g/mol.